The van der Waals surface area contributed by atoms with Gasteiger partial charge >= 0.3 is 0 Å². The summed E-state index contributed by atoms with van der Waals surface area (Å²) in [5.41, 5.74) is 2.89. The van der Waals surface area contributed by atoms with Gasteiger partial charge in [-0.15, -0.1) is 22.0 Å². The van der Waals surface area contributed by atoms with Crippen molar-refractivity contribution in [3.05, 3.63) is 66.2 Å². The number of carbonyl (C=O) groups is 1. The number of ether oxygens (including phenoxy) is 1. The topological polar surface area (TPSA) is 58.6 Å². The Kier molecular flexibility index (Phi) is 7.50. The Morgan fingerprint density at radius 3 is 2.21 bits per heavy atom. The molecule has 0 N–H and O–H groups in total. The highest BCUT2D eigenvalue weighted by Gasteiger charge is 2.22. The zero-order valence-corrected chi connectivity index (χ0v) is 20.2. The average Bonchev–Trinajstić information content (AvgIpc) is 2.85. The van der Waals surface area contributed by atoms with E-state index in [-0.39, 0.29) is 5.91 Å². The normalized spacial score (nSPS) is 13.9. The van der Waals surface area contributed by atoms with Gasteiger partial charge in [0.2, 0.25) is 5.91 Å². The molecule has 1 aliphatic rings. The van der Waals surface area contributed by atoms with Gasteiger partial charge in [0, 0.05) is 41.9 Å². The summed E-state index contributed by atoms with van der Waals surface area (Å²) in [6, 6.07) is 20.1. The minimum absolute atomic E-state index is 0.180. The zero-order chi connectivity index (χ0) is 23.2. The van der Waals surface area contributed by atoms with Crippen LogP contribution in [0.25, 0.3) is 11.3 Å². The fraction of sp³-hybridized carbons (Fsp3) is 0.346. The number of benzene rings is 2. The number of methoxy groups -OCH3 is 1. The van der Waals surface area contributed by atoms with Crippen molar-refractivity contribution in [1.29, 1.82) is 0 Å². The second-order valence-electron chi connectivity index (χ2n) is 8.36. The number of rotatable bonds is 7. The Labute approximate surface area is 200 Å². The molecular formula is C26H30N4O2S. The van der Waals surface area contributed by atoms with Crippen molar-refractivity contribution in [2.24, 2.45) is 0 Å². The van der Waals surface area contributed by atoms with Gasteiger partial charge in [-0.3, -0.25) is 4.79 Å². The molecule has 0 atom stereocenters. The molecule has 0 aliphatic carbocycles. The molecule has 2 heterocycles. The molecule has 7 heteroatoms. The van der Waals surface area contributed by atoms with Crippen molar-refractivity contribution in [2.45, 2.75) is 30.4 Å². The van der Waals surface area contributed by atoms with Crippen molar-refractivity contribution in [3.8, 4) is 17.0 Å². The molecule has 3 aromatic rings. The molecule has 33 heavy (non-hydrogen) atoms. The first-order chi connectivity index (χ1) is 16.0. The van der Waals surface area contributed by atoms with Crippen LogP contribution in [0, 0.1) is 0 Å². The third kappa shape index (κ3) is 6.05. The Morgan fingerprint density at radius 2 is 1.64 bits per heavy atom. The highest BCUT2D eigenvalue weighted by Crippen LogP contribution is 2.24. The predicted octanol–water partition coefficient (Wildman–Crippen LogP) is 4.54. The molecule has 1 fully saturated rings. The number of hydrogen-bond acceptors (Lipinski definition) is 6. The van der Waals surface area contributed by atoms with Crippen LogP contribution in [0.4, 0.5) is 5.82 Å². The molecule has 0 radical (unpaired) electrons. The lowest BCUT2D eigenvalue weighted by molar-refractivity contribution is -0.130. The summed E-state index contributed by atoms with van der Waals surface area (Å²) >= 11 is 1.84. The van der Waals surface area contributed by atoms with E-state index in [1.165, 1.54) is 4.90 Å². The summed E-state index contributed by atoms with van der Waals surface area (Å²) in [7, 11) is 1.65. The van der Waals surface area contributed by atoms with Crippen LogP contribution in [-0.2, 0) is 11.2 Å². The van der Waals surface area contributed by atoms with E-state index in [4.69, 9.17) is 4.74 Å². The van der Waals surface area contributed by atoms with E-state index in [9.17, 15) is 4.79 Å². The molecule has 0 spiro atoms. The number of piperazine rings is 1. The number of aromatic nitrogens is 2. The van der Waals surface area contributed by atoms with Crippen molar-refractivity contribution >= 4 is 23.5 Å². The third-order valence-corrected chi connectivity index (χ3v) is 6.66. The summed E-state index contributed by atoms with van der Waals surface area (Å²) in [5, 5.41) is 9.38. The largest absolute Gasteiger partial charge is 0.497 e. The van der Waals surface area contributed by atoms with Crippen LogP contribution in [0.15, 0.2) is 65.6 Å². The van der Waals surface area contributed by atoms with E-state index >= 15 is 0 Å². The van der Waals surface area contributed by atoms with Crippen LogP contribution in [-0.4, -0.2) is 59.5 Å². The molecule has 0 saturated carbocycles. The average molecular weight is 463 g/mol. The van der Waals surface area contributed by atoms with Crippen LogP contribution in [0.5, 0.6) is 5.75 Å². The van der Waals surface area contributed by atoms with E-state index in [0.29, 0.717) is 24.8 Å². The lowest BCUT2D eigenvalue weighted by Crippen LogP contribution is -2.49. The highest BCUT2D eigenvalue weighted by molar-refractivity contribution is 7.99. The number of nitrogens with zero attached hydrogens (tertiary/aromatic N) is 4. The monoisotopic (exact) mass is 462 g/mol. The molecule has 172 valence electrons. The van der Waals surface area contributed by atoms with Crippen LogP contribution in [0.3, 0.4) is 0 Å². The summed E-state index contributed by atoms with van der Waals surface area (Å²) in [6.45, 7) is 7.27. The zero-order valence-electron chi connectivity index (χ0n) is 19.4. The molecule has 1 saturated heterocycles. The quantitative estimate of drug-likeness (QED) is 0.481. The van der Waals surface area contributed by atoms with Crippen molar-refractivity contribution < 1.29 is 9.53 Å². The first-order valence-electron chi connectivity index (χ1n) is 11.3. The maximum atomic E-state index is 12.8. The highest BCUT2D eigenvalue weighted by atomic mass is 32.2. The molecular weight excluding hydrogens is 432 g/mol. The maximum Gasteiger partial charge on any atom is 0.227 e. The maximum absolute atomic E-state index is 12.8. The van der Waals surface area contributed by atoms with Gasteiger partial charge in [-0.05, 0) is 54.1 Å². The lowest BCUT2D eigenvalue weighted by Gasteiger charge is -2.35. The van der Waals surface area contributed by atoms with Gasteiger partial charge in [-0.25, -0.2) is 0 Å². The lowest BCUT2D eigenvalue weighted by atomic mass is 10.1. The number of hydrogen-bond donors (Lipinski definition) is 0. The summed E-state index contributed by atoms with van der Waals surface area (Å²) in [5.74, 6) is 1.84. The van der Waals surface area contributed by atoms with Gasteiger partial charge in [-0.1, -0.05) is 26.0 Å². The van der Waals surface area contributed by atoms with Crippen LogP contribution < -0.4 is 9.64 Å². The fourth-order valence-electron chi connectivity index (χ4n) is 3.84. The number of amides is 1. The first kappa shape index (κ1) is 23.1. The summed E-state index contributed by atoms with van der Waals surface area (Å²) in [6.07, 6.45) is 0.447. The third-order valence-electron chi connectivity index (χ3n) is 5.64. The van der Waals surface area contributed by atoms with Gasteiger partial charge in [0.05, 0.1) is 19.2 Å². The Bertz CT molecular complexity index is 1050. The Balaban J connectivity index is 1.29. The molecule has 0 unspecified atom stereocenters. The van der Waals surface area contributed by atoms with E-state index in [2.05, 4.69) is 53.2 Å². The van der Waals surface area contributed by atoms with Crippen molar-refractivity contribution in [2.75, 3.05) is 38.2 Å². The van der Waals surface area contributed by atoms with Gasteiger partial charge in [0.1, 0.15) is 5.75 Å². The SMILES string of the molecule is COc1ccc(-c2ccc(N3CCN(C(=O)Cc4ccc(SC(C)C)cc4)CC3)nn2)cc1. The molecule has 1 amide bonds. The summed E-state index contributed by atoms with van der Waals surface area (Å²) in [4.78, 5) is 18.2. The van der Waals surface area contributed by atoms with Gasteiger partial charge < -0.3 is 14.5 Å². The van der Waals surface area contributed by atoms with Crippen LogP contribution in [0.2, 0.25) is 0 Å². The molecule has 6 nitrogen and oxygen atoms in total. The minimum atomic E-state index is 0.180. The molecule has 1 aromatic heterocycles. The van der Waals surface area contributed by atoms with E-state index in [1.807, 2.05) is 53.1 Å². The van der Waals surface area contributed by atoms with Gasteiger partial charge in [-0.2, -0.15) is 0 Å². The predicted molar refractivity (Wildman–Crippen MR) is 134 cm³/mol. The van der Waals surface area contributed by atoms with Crippen LogP contribution >= 0.6 is 11.8 Å². The smallest absolute Gasteiger partial charge is 0.227 e. The molecule has 2 aromatic carbocycles. The van der Waals surface area contributed by atoms with Gasteiger partial charge in [0.25, 0.3) is 0 Å². The second-order valence-corrected chi connectivity index (χ2v) is 10.0. The number of thioether (sulfide) groups is 1. The van der Waals surface area contributed by atoms with Crippen LogP contribution in [0.1, 0.15) is 19.4 Å². The number of anilines is 1. The van der Waals surface area contributed by atoms with E-state index < -0.39 is 0 Å². The Hall–Kier alpha value is -3.06. The van der Waals surface area contributed by atoms with Gasteiger partial charge in [0.15, 0.2) is 5.82 Å². The molecule has 4 rings (SSSR count). The van der Waals surface area contributed by atoms with Crippen molar-refractivity contribution in [1.82, 2.24) is 15.1 Å². The second kappa shape index (κ2) is 10.7. The fourth-order valence-corrected chi connectivity index (χ4v) is 4.68. The van der Waals surface area contributed by atoms with E-state index in [1.54, 1.807) is 7.11 Å². The molecule has 1 aliphatic heterocycles. The molecule has 0 bridgehead atoms. The number of carbonyl (C=O) groups excluding carboxylic acids is 1. The Morgan fingerprint density at radius 1 is 0.939 bits per heavy atom. The van der Waals surface area contributed by atoms with E-state index in [0.717, 1.165) is 41.5 Å². The summed E-state index contributed by atoms with van der Waals surface area (Å²) < 4.78 is 5.21. The minimum Gasteiger partial charge on any atom is -0.497 e. The standard InChI is InChI=1S/C26H30N4O2S/c1-19(2)33-23-10-4-20(5-11-23)18-26(31)30-16-14-29(15-17-30)25-13-12-24(27-28-25)21-6-8-22(32-3)9-7-21/h4-13,19H,14-18H2,1-3H3. The first-order valence-corrected chi connectivity index (χ1v) is 12.2. The van der Waals surface area contributed by atoms with Crippen molar-refractivity contribution in [3.63, 3.8) is 0 Å².